The van der Waals surface area contributed by atoms with E-state index in [0.717, 1.165) is 12.1 Å². The number of esters is 1. The van der Waals surface area contributed by atoms with Crippen LogP contribution < -0.4 is 10.4 Å². The van der Waals surface area contributed by atoms with Gasteiger partial charge in [-0.25, -0.2) is 9.48 Å². The van der Waals surface area contributed by atoms with Crippen LogP contribution in [0.25, 0.3) is 0 Å². The lowest BCUT2D eigenvalue weighted by Crippen LogP contribution is -2.29. The van der Waals surface area contributed by atoms with E-state index in [9.17, 15) is 20.0 Å². The van der Waals surface area contributed by atoms with Crippen LogP contribution in [-0.2, 0) is 9.53 Å². The van der Waals surface area contributed by atoms with Gasteiger partial charge in [-0.2, -0.15) is 10.1 Å². The summed E-state index contributed by atoms with van der Waals surface area (Å²) in [5.74, 6) is -0.906. The standard InChI is InChI=1S/C15H15N5O5/c1-3-25-14(22)12-8(2)18-15-16-7-17-19(15)13(12)9-4-5-11(21)10(6-9)20(23)24/h4-7,13,21H,3H2,1-2H3,(H,16,17,18)/p-1. The van der Waals surface area contributed by atoms with Crippen molar-refractivity contribution < 1.29 is 19.6 Å². The molecule has 0 fully saturated rings. The number of ether oxygens (including phenoxy) is 1. The van der Waals surface area contributed by atoms with Gasteiger partial charge in [-0.1, -0.05) is 12.1 Å². The average molecular weight is 344 g/mol. The van der Waals surface area contributed by atoms with Crippen molar-refractivity contribution in [3.63, 3.8) is 0 Å². The number of carbonyl (C=O) groups is 1. The molecule has 0 saturated carbocycles. The highest BCUT2D eigenvalue weighted by Crippen LogP contribution is 2.37. The van der Waals surface area contributed by atoms with Crippen molar-refractivity contribution >= 4 is 17.6 Å². The van der Waals surface area contributed by atoms with Crippen LogP contribution in [0.4, 0.5) is 11.6 Å². The number of benzene rings is 1. The van der Waals surface area contributed by atoms with Crippen molar-refractivity contribution in [3.8, 4) is 5.75 Å². The van der Waals surface area contributed by atoms with E-state index >= 15 is 0 Å². The topological polar surface area (TPSA) is 135 Å². The molecule has 0 saturated heterocycles. The SMILES string of the molecule is CCOC(=O)C1=C(C)Nc2ncnn2C1c1ccc([O-])c([N+](=O)[O-])c1. The highest BCUT2D eigenvalue weighted by atomic mass is 16.6. The first-order valence-corrected chi connectivity index (χ1v) is 7.43. The summed E-state index contributed by atoms with van der Waals surface area (Å²) in [7, 11) is 0. The van der Waals surface area contributed by atoms with E-state index < -0.39 is 28.4 Å². The number of rotatable bonds is 4. The first kappa shape index (κ1) is 16.4. The molecule has 1 N–H and O–H groups in total. The Labute approximate surface area is 141 Å². The Morgan fingerprint density at radius 2 is 2.24 bits per heavy atom. The van der Waals surface area contributed by atoms with Gasteiger partial charge in [-0.3, -0.25) is 10.1 Å². The van der Waals surface area contributed by atoms with Gasteiger partial charge >= 0.3 is 5.97 Å². The quantitative estimate of drug-likeness (QED) is 0.495. The molecule has 1 aromatic carbocycles. The maximum Gasteiger partial charge on any atom is 0.338 e. The largest absolute Gasteiger partial charge is 0.868 e. The van der Waals surface area contributed by atoms with Crippen LogP contribution in [0, 0.1) is 10.1 Å². The molecule has 1 aromatic heterocycles. The number of aromatic nitrogens is 3. The molecule has 0 bridgehead atoms. The van der Waals surface area contributed by atoms with Crippen LogP contribution >= 0.6 is 0 Å². The summed E-state index contributed by atoms with van der Waals surface area (Å²) in [5.41, 5.74) is 0.533. The first-order chi connectivity index (χ1) is 11.9. The summed E-state index contributed by atoms with van der Waals surface area (Å²) >= 11 is 0. The lowest BCUT2D eigenvalue weighted by molar-refractivity contribution is -0.398. The van der Waals surface area contributed by atoms with Gasteiger partial charge in [0.2, 0.25) is 5.95 Å². The van der Waals surface area contributed by atoms with Crippen molar-refractivity contribution in [3.05, 3.63) is 51.5 Å². The normalized spacial score (nSPS) is 16.2. The Bertz CT molecular complexity index is 888. The minimum atomic E-state index is -0.794. The van der Waals surface area contributed by atoms with Crippen LogP contribution in [0.3, 0.4) is 0 Å². The van der Waals surface area contributed by atoms with Gasteiger partial charge in [0, 0.05) is 11.8 Å². The highest BCUT2D eigenvalue weighted by Gasteiger charge is 2.34. The molecule has 0 amide bonds. The maximum atomic E-state index is 12.4. The molecule has 10 heteroatoms. The molecule has 1 aliphatic heterocycles. The highest BCUT2D eigenvalue weighted by molar-refractivity contribution is 5.92. The van der Waals surface area contributed by atoms with Crippen LogP contribution in [0.1, 0.15) is 25.5 Å². The summed E-state index contributed by atoms with van der Waals surface area (Å²) in [4.78, 5) is 26.8. The number of nitro benzene ring substituents is 1. The Morgan fingerprint density at radius 1 is 1.48 bits per heavy atom. The van der Waals surface area contributed by atoms with Crippen LogP contribution in [0.5, 0.6) is 5.75 Å². The second-order valence-corrected chi connectivity index (χ2v) is 5.30. The number of anilines is 1. The van der Waals surface area contributed by atoms with Gasteiger partial charge in [-0.15, -0.1) is 0 Å². The second-order valence-electron chi connectivity index (χ2n) is 5.30. The van der Waals surface area contributed by atoms with E-state index in [4.69, 9.17) is 4.74 Å². The van der Waals surface area contributed by atoms with Crippen LogP contribution in [0.15, 0.2) is 35.8 Å². The van der Waals surface area contributed by atoms with E-state index in [2.05, 4.69) is 15.4 Å². The van der Waals surface area contributed by atoms with Gasteiger partial charge in [0.15, 0.2) is 0 Å². The van der Waals surface area contributed by atoms with Crippen molar-refractivity contribution in [1.29, 1.82) is 0 Å². The van der Waals surface area contributed by atoms with Gasteiger partial charge in [-0.05, 0) is 25.2 Å². The average Bonchev–Trinajstić information content (AvgIpc) is 3.01. The lowest BCUT2D eigenvalue weighted by atomic mass is 9.95. The molecule has 0 spiro atoms. The zero-order valence-corrected chi connectivity index (χ0v) is 13.4. The Kier molecular flexibility index (Phi) is 4.09. The predicted octanol–water partition coefficient (Wildman–Crippen LogP) is 1.11. The van der Waals surface area contributed by atoms with Gasteiger partial charge in [0.1, 0.15) is 12.4 Å². The molecule has 0 aliphatic carbocycles. The molecule has 25 heavy (non-hydrogen) atoms. The molecule has 3 rings (SSSR count). The van der Waals surface area contributed by atoms with E-state index in [-0.39, 0.29) is 12.2 Å². The number of allylic oxidation sites excluding steroid dienone is 1. The number of carbonyl (C=O) groups excluding carboxylic acids is 1. The molecule has 2 aromatic rings. The summed E-state index contributed by atoms with van der Waals surface area (Å²) in [6.07, 6.45) is 1.30. The third-order valence-electron chi connectivity index (χ3n) is 3.79. The van der Waals surface area contributed by atoms with E-state index in [1.54, 1.807) is 13.8 Å². The van der Waals surface area contributed by atoms with Crippen LogP contribution in [-0.4, -0.2) is 32.3 Å². The summed E-state index contributed by atoms with van der Waals surface area (Å²) < 4.78 is 6.52. The molecule has 1 aliphatic rings. The predicted molar refractivity (Wildman–Crippen MR) is 83.7 cm³/mol. The molecule has 2 heterocycles. The number of nitro groups is 1. The fraction of sp³-hybridized carbons (Fsp3) is 0.267. The number of hydrogen-bond acceptors (Lipinski definition) is 8. The first-order valence-electron chi connectivity index (χ1n) is 7.43. The van der Waals surface area contributed by atoms with E-state index in [1.165, 1.54) is 17.1 Å². The van der Waals surface area contributed by atoms with Gasteiger partial charge < -0.3 is 15.2 Å². The lowest BCUT2D eigenvalue weighted by Gasteiger charge is -2.28. The van der Waals surface area contributed by atoms with E-state index in [0.29, 0.717) is 17.2 Å². The Morgan fingerprint density at radius 3 is 2.92 bits per heavy atom. The number of nitrogens with zero attached hydrogens (tertiary/aromatic N) is 4. The summed E-state index contributed by atoms with van der Waals surface area (Å²) in [5, 5.41) is 29.8. The molecular weight excluding hydrogens is 330 g/mol. The van der Waals surface area contributed by atoms with Crippen molar-refractivity contribution in [2.75, 3.05) is 11.9 Å². The third kappa shape index (κ3) is 2.77. The second kappa shape index (κ2) is 6.23. The molecular formula is C15H14N5O5-. The monoisotopic (exact) mass is 344 g/mol. The Balaban J connectivity index is 2.18. The number of fused-ring (bicyclic) bond motifs is 1. The molecule has 10 nitrogen and oxygen atoms in total. The van der Waals surface area contributed by atoms with Crippen molar-refractivity contribution in [2.24, 2.45) is 0 Å². The van der Waals surface area contributed by atoms with E-state index in [1.807, 2.05) is 0 Å². The van der Waals surface area contributed by atoms with Crippen LogP contribution in [0.2, 0.25) is 0 Å². The zero-order chi connectivity index (χ0) is 18.1. The number of hydrogen-bond donors (Lipinski definition) is 1. The molecule has 1 unspecified atom stereocenters. The van der Waals surface area contributed by atoms with Crippen molar-refractivity contribution in [2.45, 2.75) is 19.9 Å². The third-order valence-corrected chi connectivity index (χ3v) is 3.79. The fourth-order valence-electron chi connectivity index (χ4n) is 2.72. The molecule has 1 atom stereocenters. The minimum absolute atomic E-state index is 0.173. The van der Waals surface area contributed by atoms with Gasteiger partial charge in [0.05, 0.1) is 17.1 Å². The van der Waals surface area contributed by atoms with Gasteiger partial charge in [0.25, 0.3) is 5.69 Å². The Hall–Kier alpha value is -3.43. The summed E-state index contributed by atoms with van der Waals surface area (Å²) in [6, 6.07) is 2.89. The molecule has 130 valence electrons. The molecule has 0 radical (unpaired) electrons. The summed E-state index contributed by atoms with van der Waals surface area (Å²) in [6.45, 7) is 3.52. The number of nitrogens with one attached hydrogen (secondary N) is 1. The zero-order valence-electron chi connectivity index (χ0n) is 13.4. The van der Waals surface area contributed by atoms with Crippen molar-refractivity contribution in [1.82, 2.24) is 14.8 Å². The smallest absolute Gasteiger partial charge is 0.338 e. The maximum absolute atomic E-state index is 12.4. The minimum Gasteiger partial charge on any atom is -0.868 e. The fourth-order valence-corrected chi connectivity index (χ4v) is 2.72.